The van der Waals surface area contributed by atoms with Crippen LogP contribution < -0.4 is 0 Å². The first-order valence-corrected chi connectivity index (χ1v) is 9.48. The third-order valence-corrected chi connectivity index (χ3v) is 4.85. The molecule has 28 heavy (non-hydrogen) atoms. The number of nitriles is 1. The van der Waals surface area contributed by atoms with Crippen molar-refractivity contribution in [2.45, 2.75) is 32.7 Å². The highest BCUT2D eigenvalue weighted by Gasteiger charge is 2.34. The van der Waals surface area contributed by atoms with Gasteiger partial charge in [-0.3, -0.25) is 4.79 Å². The van der Waals surface area contributed by atoms with E-state index in [9.17, 15) is 19.5 Å². The molecule has 0 spiro atoms. The second kappa shape index (κ2) is 11.2. The van der Waals surface area contributed by atoms with Crippen molar-refractivity contribution in [2.75, 3.05) is 13.7 Å². The minimum Gasteiger partial charge on any atom is -0.480 e. The number of ether oxygens (including phenoxy) is 1. The molecule has 1 unspecified atom stereocenters. The van der Waals surface area contributed by atoms with Crippen LogP contribution in [0, 0.1) is 17.2 Å². The Labute approximate surface area is 172 Å². The quantitative estimate of drug-likeness (QED) is 0.456. The number of benzene rings is 1. The average molecular weight is 451 g/mol. The SMILES string of the molecule is CCC(C)[C@@H](C(=O)O)N(C/C(=C\c1ccc(Br)cc1)C(=O)OC)C(=O)CC#N. The number of esters is 1. The molecule has 0 aliphatic carbocycles. The number of carboxylic acid groups (broad SMARTS) is 1. The van der Waals surface area contributed by atoms with E-state index in [2.05, 4.69) is 15.9 Å². The molecule has 7 nitrogen and oxygen atoms in total. The molecule has 1 aromatic carbocycles. The van der Waals surface area contributed by atoms with E-state index in [-0.39, 0.29) is 18.0 Å². The fourth-order valence-electron chi connectivity index (χ4n) is 2.66. The van der Waals surface area contributed by atoms with Crippen LogP contribution in [0.3, 0.4) is 0 Å². The van der Waals surface area contributed by atoms with Gasteiger partial charge in [0.2, 0.25) is 5.91 Å². The van der Waals surface area contributed by atoms with Crippen molar-refractivity contribution < 1.29 is 24.2 Å². The number of halogens is 1. The second-order valence-corrected chi connectivity index (χ2v) is 7.15. The standard InChI is InChI=1S/C20H23BrN2O5/c1-4-13(2)18(19(25)26)23(17(24)9-10-22)12-15(20(27)28-3)11-14-5-7-16(21)8-6-14/h5-8,11,13,18H,4,9,12H2,1-3H3,(H,25,26)/b15-11+/t13?,18-/m0/s1. The van der Waals surface area contributed by atoms with Crippen molar-refractivity contribution in [3.05, 3.63) is 39.9 Å². The van der Waals surface area contributed by atoms with Crippen LogP contribution in [0.5, 0.6) is 0 Å². The highest BCUT2D eigenvalue weighted by Crippen LogP contribution is 2.20. The third kappa shape index (κ3) is 6.50. The Bertz CT molecular complexity index is 783. The molecule has 0 bridgehead atoms. The Kier molecular flexibility index (Phi) is 9.39. The van der Waals surface area contributed by atoms with Gasteiger partial charge in [0, 0.05) is 4.47 Å². The number of carboxylic acids is 1. The van der Waals surface area contributed by atoms with Gasteiger partial charge in [-0.05, 0) is 29.7 Å². The van der Waals surface area contributed by atoms with Crippen LogP contribution in [0.25, 0.3) is 6.08 Å². The lowest BCUT2D eigenvalue weighted by molar-refractivity contribution is -0.152. The van der Waals surface area contributed by atoms with E-state index in [1.54, 1.807) is 43.3 Å². The van der Waals surface area contributed by atoms with Crippen molar-refractivity contribution in [3.8, 4) is 6.07 Å². The topological polar surface area (TPSA) is 108 Å². The molecule has 2 atom stereocenters. The maximum Gasteiger partial charge on any atom is 0.335 e. The van der Waals surface area contributed by atoms with Crippen molar-refractivity contribution in [2.24, 2.45) is 5.92 Å². The van der Waals surface area contributed by atoms with E-state index in [1.165, 1.54) is 7.11 Å². The number of rotatable bonds is 9. The van der Waals surface area contributed by atoms with Crippen LogP contribution in [-0.4, -0.2) is 47.5 Å². The molecular weight excluding hydrogens is 428 g/mol. The van der Waals surface area contributed by atoms with E-state index in [0.29, 0.717) is 12.0 Å². The zero-order chi connectivity index (χ0) is 21.3. The van der Waals surface area contributed by atoms with E-state index in [0.717, 1.165) is 9.37 Å². The summed E-state index contributed by atoms with van der Waals surface area (Å²) in [5.74, 6) is -2.88. The molecule has 0 aromatic heterocycles. The maximum atomic E-state index is 12.5. The molecule has 0 radical (unpaired) electrons. The van der Waals surface area contributed by atoms with Gasteiger partial charge in [-0.1, -0.05) is 48.3 Å². The lowest BCUT2D eigenvalue weighted by Gasteiger charge is -2.32. The molecule has 0 saturated heterocycles. The van der Waals surface area contributed by atoms with Crippen molar-refractivity contribution >= 4 is 39.9 Å². The van der Waals surface area contributed by atoms with E-state index in [1.807, 2.05) is 6.92 Å². The summed E-state index contributed by atoms with van der Waals surface area (Å²) in [6.45, 7) is 3.25. The minimum atomic E-state index is -1.19. The molecule has 0 aliphatic rings. The molecule has 1 N–H and O–H groups in total. The highest BCUT2D eigenvalue weighted by molar-refractivity contribution is 9.10. The predicted octanol–water partition coefficient (Wildman–Crippen LogP) is 3.25. The Morgan fingerprint density at radius 2 is 1.93 bits per heavy atom. The van der Waals surface area contributed by atoms with E-state index < -0.39 is 30.3 Å². The third-order valence-electron chi connectivity index (χ3n) is 4.32. The summed E-state index contributed by atoms with van der Waals surface area (Å²) < 4.78 is 5.67. The molecule has 1 rings (SSSR count). The number of carbonyl (C=O) groups is 3. The normalized spacial score (nSPS) is 13.2. The summed E-state index contributed by atoms with van der Waals surface area (Å²) >= 11 is 3.33. The summed E-state index contributed by atoms with van der Waals surface area (Å²) in [5.41, 5.74) is 0.803. The largest absolute Gasteiger partial charge is 0.480 e. The Balaban J connectivity index is 3.38. The minimum absolute atomic E-state index is 0.116. The first-order valence-electron chi connectivity index (χ1n) is 8.68. The van der Waals surface area contributed by atoms with Crippen molar-refractivity contribution in [1.29, 1.82) is 5.26 Å². The van der Waals surface area contributed by atoms with Crippen LogP contribution in [0.2, 0.25) is 0 Å². The molecule has 0 saturated carbocycles. The fraction of sp³-hybridized carbons (Fsp3) is 0.400. The van der Waals surface area contributed by atoms with Gasteiger partial charge >= 0.3 is 11.9 Å². The Morgan fingerprint density at radius 1 is 1.32 bits per heavy atom. The lowest BCUT2D eigenvalue weighted by Crippen LogP contribution is -2.49. The van der Waals surface area contributed by atoms with Crippen LogP contribution >= 0.6 is 15.9 Å². The monoisotopic (exact) mass is 450 g/mol. The molecule has 0 fully saturated rings. The molecule has 1 aromatic rings. The molecule has 0 heterocycles. The summed E-state index contributed by atoms with van der Waals surface area (Å²) in [6.07, 6.45) is 1.57. The number of nitrogens with zero attached hydrogens (tertiary/aromatic N) is 2. The lowest BCUT2D eigenvalue weighted by atomic mass is 9.96. The summed E-state index contributed by atoms with van der Waals surface area (Å²) in [4.78, 5) is 37.7. The van der Waals surface area contributed by atoms with Crippen LogP contribution in [0.15, 0.2) is 34.3 Å². The van der Waals surface area contributed by atoms with Crippen molar-refractivity contribution in [1.82, 2.24) is 4.90 Å². The fourth-order valence-corrected chi connectivity index (χ4v) is 2.93. The van der Waals surface area contributed by atoms with Crippen LogP contribution in [-0.2, 0) is 19.1 Å². The van der Waals surface area contributed by atoms with E-state index >= 15 is 0 Å². The Hall–Kier alpha value is -2.66. The number of methoxy groups -OCH3 is 1. The van der Waals surface area contributed by atoms with Gasteiger partial charge in [0.15, 0.2) is 0 Å². The summed E-state index contributed by atoms with van der Waals surface area (Å²) in [7, 11) is 1.21. The summed E-state index contributed by atoms with van der Waals surface area (Å²) in [6, 6.07) is 7.69. The first kappa shape index (κ1) is 23.4. The number of carbonyl (C=O) groups excluding carboxylic acids is 2. The van der Waals surface area contributed by atoms with Gasteiger partial charge in [0.05, 0.1) is 25.3 Å². The second-order valence-electron chi connectivity index (χ2n) is 6.24. The smallest absolute Gasteiger partial charge is 0.335 e. The molecule has 0 aliphatic heterocycles. The van der Waals surface area contributed by atoms with Gasteiger partial charge in [0.1, 0.15) is 12.5 Å². The number of amides is 1. The number of aliphatic carboxylic acids is 1. The van der Waals surface area contributed by atoms with Gasteiger partial charge in [-0.25, -0.2) is 9.59 Å². The number of hydrogen-bond acceptors (Lipinski definition) is 5. The van der Waals surface area contributed by atoms with Crippen molar-refractivity contribution in [3.63, 3.8) is 0 Å². The molecular formula is C20H23BrN2O5. The van der Waals surface area contributed by atoms with Gasteiger partial charge < -0.3 is 14.7 Å². The molecule has 8 heteroatoms. The van der Waals surface area contributed by atoms with Gasteiger partial charge in [-0.2, -0.15) is 5.26 Å². The highest BCUT2D eigenvalue weighted by atomic mass is 79.9. The van der Waals surface area contributed by atoms with Crippen LogP contribution in [0.1, 0.15) is 32.3 Å². The Morgan fingerprint density at radius 3 is 2.39 bits per heavy atom. The summed E-state index contributed by atoms with van der Waals surface area (Å²) in [5, 5.41) is 18.6. The van der Waals surface area contributed by atoms with E-state index in [4.69, 9.17) is 10.00 Å². The molecule has 150 valence electrons. The van der Waals surface area contributed by atoms with Crippen LogP contribution in [0.4, 0.5) is 0 Å². The van der Waals surface area contributed by atoms with Gasteiger partial charge in [0.25, 0.3) is 0 Å². The van der Waals surface area contributed by atoms with Gasteiger partial charge in [-0.15, -0.1) is 0 Å². The first-order chi connectivity index (χ1) is 13.2. The maximum absolute atomic E-state index is 12.5. The average Bonchev–Trinajstić information content (AvgIpc) is 2.67. The predicted molar refractivity (Wildman–Crippen MR) is 107 cm³/mol. The zero-order valence-electron chi connectivity index (χ0n) is 16.0. The zero-order valence-corrected chi connectivity index (χ0v) is 17.6. The number of hydrogen-bond donors (Lipinski definition) is 1. The molecule has 1 amide bonds.